The van der Waals surface area contributed by atoms with Crippen molar-refractivity contribution in [1.29, 1.82) is 0 Å². The number of rotatable bonds is 5. The molecule has 3 heterocycles. The van der Waals surface area contributed by atoms with Gasteiger partial charge in [-0.2, -0.15) is 0 Å². The topological polar surface area (TPSA) is 42.1 Å². The van der Waals surface area contributed by atoms with Gasteiger partial charge in [0.05, 0.1) is 24.0 Å². The van der Waals surface area contributed by atoms with Gasteiger partial charge in [-0.1, -0.05) is 0 Å². The second kappa shape index (κ2) is 7.85. The normalized spacial score (nSPS) is 18.6. The summed E-state index contributed by atoms with van der Waals surface area (Å²) in [6.07, 6.45) is 5.79. The van der Waals surface area contributed by atoms with E-state index in [1.54, 1.807) is 12.1 Å². The average Bonchev–Trinajstić information content (AvgIpc) is 3.32. The maximum absolute atomic E-state index is 13.4. The van der Waals surface area contributed by atoms with E-state index in [2.05, 4.69) is 51.1 Å². The van der Waals surface area contributed by atoms with Gasteiger partial charge in [-0.25, -0.2) is 14.4 Å². The first kappa shape index (κ1) is 18.8. The quantitative estimate of drug-likeness (QED) is 0.681. The third kappa shape index (κ3) is 3.72. The molecule has 3 aromatic rings. The van der Waals surface area contributed by atoms with Gasteiger partial charge >= 0.3 is 0 Å². The van der Waals surface area contributed by atoms with E-state index < -0.39 is 0 Å². The number of hydrogen-bond acceptors (Lipinski definition) is 4. The highest BCUT2D eigenvalue weighted by Crippen LogP contribution is 2.31. The summed E-state index contributed by atoms with van der Waals surface area (Å²) in [4.78, 5) is 14.1. The Morgan fingerprint density at radius 1 is 1.07 bits per heavy atom. The number of aromatic nitrogens is 4. The zero-order valence-electron chi connectivity index (χ0n) is 16.7. The molecule has 1 aliphatic rings. The predicted octanol–water partition coefficient (Wildman–Crippen LogP) is 2.82. The Kier molecular flexibility index (Phi) is 5.28. The minimum Gasteiger partial charge on any atom is -0.337 e. The molecule has 28 heavy (non-hydrogen) atoms. The lowest BCUT2D eigenvalue weighted by molar-refractivity contribution is 0.103. The zero-order valence-corrected chi connectivity index (χ0v) is 16.7. The molecule has 0 bridgehead atoms. The Hall–Kier alpha value is -2.51. The number of hydrogen-bond donors (Lipinski definition) is 0. The van der Waals surface area contributed by atoms with Crippen LogP contribution in [-0.4, -0.2) is 68.7 Å². The zero-order chi connectivity index (χ0) is 19.7. The van der Waals surface area contributed by atoms with Gasteiger partial charge in [-0.05, 0) is 45.3 Å². The molecule has 7 heteroatoms. The lowest BCUT2D eigenvalue weighted by Gasteiger charge is -2.38. The molecule has 6 nitrogen and oxygen atoms in total. The van der Waals surface area contributed by atoms with Gasteiger partial charge in [0.15, 0.2) is 0 Å². The molecule has 4 rings (SSSR count). The fourth-order valence-corrected chi connectivity index (χ4v) is 3.79. The van der Waals surface area contributed by atoms with Crippen LogP contribution in [0.5, 0.6) is 0 Å². The number of imidazole rings is 2. The number of piperazine rings is 1. The Balaban J connectivity index is 1.74. The molecule has 1 unspecified atom stereocenters. The van der Waals surface area contributed by atoms with Crippen molar-refractivity contribution in [2.75, 3.05) is 33.7 Å². The minimum absolute atomic E-state index is 0.244. The summed E-state index contributed by atoms with van der Waals surface area (Å²) < 4.78 is 17.7. The van der Waals surface area contributed by atoms with Crippen molar-refractivity contribution in [2.24, 2.45) is 0 Å². The van der Waals surface area contributed by atoms with Crippen LogP contribution in [0.25, 0.3) is 22.6 Å². The Labute approximate surface area is 165 Å². The van der Waals surface area contributed by atoms with Gasteiger partial charge in [-0.15, -0.1) is 0 Å². The fourth-order valence-electron chi connectivity index (χ4n) is 3.79. The van der Waals surface area contributed by atoms with Gasteiger partial charge in [-0.3, -0.25) is 4.90 Å². The number of aryl methyl sites for hydroxylation is 1. The second-order valence-corrected chi connectivity index (χ2v) is 7.59. The summed E-state index contributed by atoms with van der Waals surface area (Å²) in [5.74, 6) is -0.244. The number of likely N-dealkylation sites (N-methyl/N-ethyl adjacent to an activating group) is 2. The number of benzene rings is 1. The highest BCUT2D eigenvalue weighted by atomic mass is 19.1. The Bertz CT molecular complexity index is 929. The van der Waals surface area contributed by atoms with Crippen LogP contribution in [-0.2, 0) is 13.1 Å². The van der Waals surface area contributed by atoms with Crippen molar-refractivity contribution in [2.45, 2.75) is 26.1 Å². The number of halogens is 1. The lowest BCUT2D eigenvalue weighted by Crippen LogP contribution is -2.51. The molecule has 1 saturated heterocycles. The van der Waals surface area contributed by atoms with Crippen LogP contribution in [0.3, 0.4) is 0 Å². The molecular weight excluding hydrogens is 355 g/mol. The molecule has 1 fully saturated rings. The van der Waals surface area contributed by atoms with Gasteiger partial charge in [0.25, 0.3) is 0 Å². The van der Waals surface area contributed by atoms with Crippen LogP contribution in [0.15, 0.2) is 43.1 Å². The summed E-state index contributed by atoms with van der Waals surface area (Å²) in [6, 6.07) is 6.92. The molecule has 1 aliphatic heterocycles. The van der Waals surface area contributed by atoms with Crippen molar-refractivity contribution in [3.05, 3.63) is 48.9 Å². The third-order valence-electron chi connectivity index (χ3n) is 5.58. The molecule has 0 spiro atoms. The molecule has 0 N–H and O–H groups in total. The van der Waals surface area contributed by atoms with E-state index in [-0.39, 0.29) is 5.82 Å². The van der Waals surface area contributed by atoms with E-state index in [1.807, 2.05) is 12.7 Å². The molecule has 148 valence electrons. The SMILES string of the molecule is CCn1cnc(-c2c(-c3ccc(F)cc3)ncn2CC2CN(C)CCN2C)c1. The van der Waals surface area contributed by atoms with Crippen LogP contribution >= 0.6 is 0 Å². The van der Waals surface area contributed by atoms with Crippen LogP contribution in [0, 0.1) is 5.82 Å². The maximum atomic E-state index is 13.4. The first-order valence-electron chi connectivity index (χ1n) is 9.77. The maximum Gasteiger partial charge on any atom is 0.123 e. The molecule has 1 atom stereocenters. The Morgan fingerprint density at radius 3 is 2.57 bits per heavy atom. The van der Waals surface area contributed by atoms with E-state index in [4.69, 9.17) is 4.98 Å². The molecule has 0 saturated carbocycles. The fraction of sp³-hybridized carbons (Fsp3) is 0.429. The molecule has 0 radical (unpaired) electrons. The lowest BCUT2D eigenvalue weighted by atomic mass is 10.1. The monoisotopic (exact) mass is 382 g/mol. The van der Waals surface area contributed by atoms with Gasteiger partial charge in [0.1, 0.15) is 11.5 Å². The van der Waals surface area contributed by atoms with Crippen LogP contribution in [0.2, 0.25) is 0 Å². The second-order valence-electron chi connectivity index (χ2n) is 7.59. The summed E-state index contributed by atoms with van der Waals surface area (Å²) in [7, 11) is 4.35. The molecule has 0 aliphatic carbocycles. The highest BCUT2D eigenvalue weighted by Gasteiger charge is 2.25. The van der Waals surface area contributed by atoms with Gasteiger partial charge in [0, 0.05) is 50.5 Å². The minimum atomic E-state index is -0.244. The van der Waals surface area contributed by atoms with Crippen molar-refractivity contribution in [1.82, 2.24) is 28.9 Å². The molecule has 2 aromatic heterocycles. The van der Waals surface area contributed by atoms with Crippen molar-refractivity contribution in [3.8, 4) is 22.6 Å². The largest absolute Gasteiger partial charge is 0.337 e. The predicted molar refractivity (Wildman–Crippen MR) is 108 cm³/mol. The third-order valence-corrected chi connectivity index (χ3v) is 5.58. The molecule has 1 aromatic carbocycles. The van der Waals surface area contributed by atoms with Crippen LogP contribution < -0.4 is 0 Å². The first-order chi connectivity index (χ1) is 13.5. The van der Waals surface area contributed by atoms with E-state index in [0.29, 0.717) is 6.04 Å². The first-order valence-corrected chi connectivity index (χ1v) is 9.77. The van der Waals surface area contributed by atoms with Crippen LogP contribution in [0.1, 0.15) is 6.92 Å². The number of nitrogens with zero attached hydrogens (tertiary/aromatic N) is 6. The van der Waals surface area contributed by atoms with Crippen molar-refractivity contribution in [3.63, 3.8) is 0 Å². The Morgan fingerprint density at radius 2 is 1.86 bits per heavy atom. The van der Waals surface area contributed by atoms with Crippen molar-refractivity contribution >= 4 is 0 Å². The summed E-state index contributed by atoms with van der Waals surface area (Å²) in [5, 5.41) is 0. The summed E-state index contributed by atoms with van der Waals surface area (Å²) in [5.41, 5.74) is 3.62. The standard InChI is InChI=1S/C21H27FN6/c1-4-27-13-19(23-14-27)21-20(16-5-7-17(22)8-6-16)24-15-28(21)12-18-11-25(2)9-10-26(18)3/h5-8,13-15,18H,4,9-12H2,1-3H3. The smallest absolute Gasteiger partial charge is 0.123 e. The highest BCUT2D eigenvalue weighted by molar-refractivity contribution is 5.76. The van der Waals surface area contributed by atoms with Gasteiger partial charge in [0.2, 0.25) is 0 Å². The van der Waals surface area contributed by atoms with E-state index in [1.165, 1.54) is 12.1 Å². The molecule has 0 amide bonds. The van der Waals surface area contributed by atoms with E-state index in [0.717, 1.165) is 55.4 Å². The summed E-state index contributed by atoms with van der Waals surface area (Å²) >= 11 is 0. The molecular formula is C21H27FN6. The van der Waals surface area contributed by atoms with E-state index >= 15 is 0 Å². The van der Waals surface area contributed by atoms with Crippen LogP contribution in [0.4, 0.5) is 4.39 Å². The van der Waals surface area contributed by atoms with Crippen molar-refractivity contribution < 1.29 is 4.39 Å². The summed E-state index contributed by atoms with van der Waals surface area (Å²) in [6.45, 7) is 6.96. The van der Waals surface area contributed by atoms with E-state index in [9.17, 15) is 4.39 Å². The van der Waals surface area contributed by atoms with Gasteiger partial charge < -0.3 is 14.0 Å². The average molecular weight is 382 g/mol.